The molecular weight excluding hydrogens is 326 g/mol. The lowest BCUT2D eigenvalue weighted by atomic mass is 10.1. The zero-order valence-electron chi connectivity index (χ0n) is 13.6. The van der Waals surface area contributed by atoms with Crippen molar-refractivity contribution in [3.05, 3.63) is 59.7 Å². The molecule has 0 aliphatic carbocycles. The van der Waals surface area contributed by atoms with Gasteiger partial charge in [-0.05, 0) is 49.7 Å². The highest BCUT2D eigenvalue weighted by Gasteiger charge is 2.21. The summed E-state index contributed by atoms with van der Waals surface area (Å²) in [7, 11) is -3.50. The number of rotatable bonds is 6. The van der Waals surface area contributed by atoms with Gasteiger partial charge in [-0.2, -0.15) is 0 Å². The maximum atomic E-state index is 12.5. The van der Waals surface area contributed by atoms with Crippen LogP contribution < -0.4 is 5.32 Å². The van der Waals surface area contributed by atoms with Crippen LogP contribution in [0.2, 0.25) is 0 Å². The molecule has 0 saturated carbocycles. The van der Waals surface area contributed by atoms with E-state index in [1.54, 1.807) is 43.3 Å². The van der Waals surface area contributed by atoms with E-state index in [1.165, 1.54) is 19.1 Å². The van der Waals surface area contributed by atoms with Gasteiger partial charge in [0.25, 0.3) is 5.91 Å². The first kappa shape index (κ1) is 17.9. The predicted octanol–water partition coefficient (Wildman–Crippen LogP) is 3.33. The van der Waals surface area contributed by atoms with Gasteiger partial charge in [-0.15, -0.1) is 0 Å². The third-order valence-corrected chi connectivity index (χ3v) is 5.46. The zero-order valence-corrected chi connectivity index (χ0v) is 14.4. The first-order chi connectivity index (χ1) is 11.3. The number of ketones is 1. The van der Waals surface area contributed by atoms with Crippen molar-refractivity contribution in [2.45, 2.75) is 25.2 Å². The van der Waals surface area contributed by atoms with E-state index in [2.05, 4.69) is 5.32 Å². The van der Waals surface area contributed by atoms with Crippen molar-refractivity contribution in [2.75, 3.05) is 11.1 Å². The third-order valence-electron chi connectivity index (χ3n) is 3.49. The summed E-state index contributed by atoms with van der Waals surface area (Å²) in [6.07, 6.45) is 0.477. The number of carbonyl (C=O) groups is 2. The van der Waals surface area contributed by atoms with Crippen molar-refractivity contribution >= 4 is 27.2 Å². The fraction of sp³-hybridized carbons (Fsp3) is 0.222. The molecule has 0 spiro atoms. The van der Waals surface area contributed by atoms with Crippen LogP contribution >= 0.6 is 0 Å². The van der Waals surface area contributed by atoms with Gasteiger partial charge in [0, 0.05) is 11.3 Å². The molecule has 126 valence electrons. The minimum absolute atomic E-state index is 0.00932. The Morgan fingerprint density at radius 1 is 1.00 bits per heavy atom. The molecule has 0 aromatic heterocycles. The number of amides is 1. The number of hydrogen-bond acceptors (Lipinski definition) is 4. The lowest BCUT2D eigenvalue weighted by Crippen LogP contribution is -2.17. The second-order valence-corrected chi connectivity index (χ2v) is 7.48. The summed E-state index contributed by atoms with van der Waals surface area (Å²) < 4.78 is 24.6. The van der Waals surface area contributed by atoms with Gasteiger partial charge in [0.1, 0.15) is 0 Å². The molecule has 1 N–H and O–H groups in total. The van der Waals surface area contributed by atoms with Crippen LogP contribution in [0.25, 0.3) is 0 Å². The fourth-order valence-corrected chi connectivity index (χ4v) is 3.83. The average Bonchev–Trinajstić information content (AvgIpc) is 2.55. The molecule has 0 saturated heterocycles. The van der Waals surface area contributed by atoms with E-state index in [0.717, 1.165) is 0 Å². The Labute approximate surface area is 141 Å². The molecule has 24 heavy (non-hydrogen) atoms. The highest BCUT2D eigenvalue weighted by atomic mass is 32.2. The molecule has 2 rings (SSSR count). The molecule has 0 bridgehead atoms. The van der Waals surface area contributed by atoms with Gasteiger partial charge in [-0.3, -0.25) is 9.59 Å². The number of sulfone groups is 1. The van der Waals surface area contributed by atoms with E-state index in [-0.39, 0.29) is 22.0 Å². The molecule has 0 radical (unpaired) electrons. The van der Waals surface area contributed by atoms with Crippen molar-refractivity contribution in [2.24, 2.45) is 0 Å². The van der Waals surface area contributed by atoms with Crippen LogP contribution in [0.15, 0.2) is 53.4 Å². The van der Waals surface area contributed by atoms with Crippen molar-refractivity contribution in [3.8, 4) is 0 Å². The molecule has 1 amide bonds. The molecule has 2 aromatic carbocycles. The summed E-state index contributed by atoms with van der Waals surface area (Å²) in [5, 5.41) is 2.66. The third kappa shape index (κ3) is 4.08. The van der Waals surface area contributed by atoms with Gasteiger partial charge in [0.05, 0.1) is 16.2 Å². The standard InChI is InChI=1S/C18H19NO4S/c1-3-12-24(22,23)17-7-5-4-6-16(17)18(21)19-15-10-8-14(9-11-15)13(2)20/h4-11H,3,12H2,1-2H3,(H,19,21). The van der Waals surface area contributed by atoms with Crippen LogP contribution in [-0.4, -0.2) is 25.9 Å². The summed E-state index contributed by atoms with van der Waals surface area (Å²) in [4.78, 5) is 23.8. The first-order valence-corrected chi connectivity index (χ1v) is 9.24. The van der Waals surface area contributed by atoms with E-state index in [1.807, 2.05) is 0 Å². The summed E-state index contributed by atoms with van der Waals surface area (Å²) in [5.74, 6) is -0.574. The predicted molar refractivity (Wildman–Crippen MR) is 93.2 cm³/mol. The Hall–Kier alpha value is -2.47. The summed E-state index contributed by atoms with van der Waals surface area (Å²) in [5.41, 5.74) is 1.15. The zero-order chi connectivity index (χ0) is 17.7. The van der Waals surface area contributed by atoms with E-state index in [4.69, 9.17) is 0 Å². The van der Waals surface area contributed by atoms with Crippen molar-refractivity contribution < 1.29 is 18.0 Å². The highest BCUT2D eigenvalue weighted by molar-refractivity contribution is 7.91. The van der Waals surface area contributed by atoms with Gasteiger partial charge >= 0.3 is 0 Å². The van der Waals surface area contributed by atoms with Gasteiger partial charge in [-0.1, -0.05) is 19.1 Å². The highest BCUT2D eigenvalue weighted by Crippen LogP contribution is 2.20. The number of hydrogen-bond donors (Lipinski definition) is 1. The number of benzene rings is 2. The monoisotopic (exact) mass is 345 g/mol. The number of carbonyl (C=O) groups excluding carboxylic acids is 2. The van der Waals surface area contributed by atoms with E-state index in [9.17, 15) is 18.0 Å². The Morgan fingerprint density at radius 3 is 2.21 bits per heavy atom. The van der Waals surface area contributed by atoms with E-state index in [0.29, 0.717) is 17.7 Å². The molecule has 6 heteroatoms. The average molecular weight is 345 g/mol. The molecular formula is C18H19NO4S. The minimum Gasteiger partial charge on any atom is -0.322 e. The van der Waals surface area contributed by atoms with Crippen LogP contribution in [0.1, 0.15) is 41.0 Å². The Balaban J connectivity index is 2.29. The number of anilines is 1. The Kier molecular flexibility index (Phi) is 5.51. The SMILES string of the molecule is CCCS(=O)(=O)c1ccccc1C(=O)Nc1ccc(C(C)=O)cc1. The largest absolute Gasteiger partial charge is 0.322 e. The van der Waals surface area contributed by atoms with Gasteiger partial charge in [0.15, 0.2) is 15.6 Å². The van der Waals surface area contributed by atoms with Gasteiger partial charge in [0.2, 0.25) is 0 Å². The topological polar surface area (TPSA) is 80.3 Å². The first-order valence-electron chi connectivity index (χ1n) is 7.59. The molecule has 0 heterocycles. The molecule has 0 aliphatic rings. The summed E-state index contributed by atoms with van der Waals surface area (Å²) in [6.45, 7) is 3.24. The van der Waals surface area contributed by atoms with Crippen LogP contribution in [0.4, 0.5) is 5.69 Å². The Morgan fingerprint density at radius 2 is 1.62 bits per heavy atom. The van der Waals surface area contributed by atoms with Crippen LogP contribution in [0.5, 0.6) is 0 Å². The Bertz CT molecular complexity index is 855. The summed E-state index contributed by atoms with van der Waals surface area (Å²) in [6, 6.07) is 12.6. The quantitative estimate of drug-likeness (QED) is 0.814. The van der Waals surface area contributed by atoms with E-state index < -0.39 is 15.7 Å². The van der Waals surface area contributed by atoms with Crippen molar-refractivity contribution in [1.29, 1.82) is 0 Å². The van der Waals surface area contributed by atoms with E-state index >= 15 is 0 Å². The maximum absolute atomic E-state index is 12.5. The summed E-state index contributed by atoms with van der Waals surface area (Å²) >= 11 is 0. The second-order valence-electron chi connectivity index (χ2n) is 5.40. The van der Waals surface area contributed by atoms with Crippen LogP contribution in [-0.2, 0) is 9.84 Å². The van der Waals surface area contributed by atoms with Crippen LogP contribution in [0, 0.1) is 0 Å². The van der Waals surface area contributed by atoms with Gasteiger partial charge < -0.3 is 5.32 Å². The number of Topliss-reactive ketones (excluding diaryl/α,β-unsaturated/α-hetero) is 1. The normalized spacial score (nSPS) is 11.1. The lowest BCUT2D eigenvalue weighted by Gasteiger charge is -2.11. The maximum Gasteiger partial charge on any atom is 0.256 e. The molecule has 5 nitrogen and oxygen atoms in total. The molecule has 0 atom stereocenters. The van der Waals surface area contributed by atoms with Crippen molar-refractivity contribution in [3.63, 3.8) is 0 Å². The van der Waals surface area contributed by atoms with Crippen molar-refractivity contribution in [1.82, 2.24) is 0 Å². The minimum atomic E-state index is -3.50. The van der Waals surface area contributed by atoms with Gasteiger partial charge in [-0.25, -0.2) is 8.42 Å². The molecule has 0 fully saturated rings. The van der Waals surface area contributed by atoms with Crippen LogP contribution in [0.3, 0.4) is 0 Å². The lowest BCUT2D eigenvalue weighted by molar-refractivity contribution is 0.101. The number of nitrogens with one attached hydrogen (secondary N) is 1. The molecule has 0 unspecified atom stereocenters. The molecule has 2 aromatic rings. The molecule has 0 aliphatic heterocycles. The second kappa shape index (κ2) is 7.40. The fourth-order valence-electron chi connectivity index (χ4n) is 2.29. The smallest absolute Gasteiger partial charge is 0.256 e.